The van der Waals surface area contributed by atoms with E-state index in [0.717, 1.165) is 28.5 Å². The summed E-state index contributed by atoms with van der Waals surface area (Å²) in [5.41, 5.74) is -0.708. The molecule has 15 heteroatoms. The van der Waals surface area contributed by atoms with Gasteiger partial charge in [-0.25, -0.2) is 22.0 Å². The maximum atomic E-state index is 14.7. The maximum Gasteiger partial charge on any atom is 0.416 e. The lowest BCUT2D eigenvalue weighted by Crippen LogP contribution is -2.59. The number of alkyl carbamates (subject to hydrolysis) is 1. The van der Waals surface area contributed by atoms with E-state index in [1.165, 1.54) is 11.1 Å². The standard InChI is InChI=1S/C23H27F5N4O5S/c1-22(2,3)37-21(33)29-16-8-18(31-9-12-10-32(38(4,34)35)30-17(12)11-31)20(23(26,27)28)36-19(16)14-7-13(24)5-6-15(14)25/h5-7,10,16,18-20H,8-9,11H2,1-4H3,(H,29,33)/t16-,18+,19+,20+/m0/s1. The maximum absolute atomic E-state index is 14.7. The van der Waals surface area contributed by atoms with Crippen LogP contribution in [0.4, 0.5) is 26.7 Å². The second kappa shape index (κ2) is 9.75. The van der Waals surface area contributed by atoms with Gasteiger partial charge in [0.05, 0.1) is 18.0 Å². The van der Waals surface area contributed by atoms with Gasteiger partial charge in [0, 0.05) is 36.5 Å². The lowest BCUT2D eigenvalue weighted by molar-refractivity contribution is -0.270. The Labute approximate surface area is 215 Å². The van der Waals surface area contributed by atoms with Crippen molar-refractivity contribution in [3.8, 4) is 0 Å². The summed E-state index contributed by atoms with van der Waals surface area (Å²) in [6.45, 7) is 4.59. The number of fused-ring (bicyclic) bond motifs is 1. The topological polar surface area (TPSA) is 103 Å². The highest BCUT2D eigenvalue weighted by Crippen LogP contribution is 2.43. The summed E-state index contributed by atoms with van der Waals surface area (Å²) < 4.78 is 106. The van der Waals surface area contributed by atoms with E-state index in [-0.39, 0.29) is 25.2 Å². The van der Waals surface area contributed by atoms with Crippen LogP contribution in [0.3, 0.4) is 0 Å². The number of hydrogen-bond acceptors (Lipinski definition) is 7. The zero-order valence-corrected chi connectivity index (χ0v) is 21.7. The van der Waals surface area contributed by atoms with Crippen molar-refractivity contribution >= 4 is 16.1 Å². The van der Waals surface area contributed by atoms with E-state index < -0.39 is 69.4 Å². The molecular weight excluding hydrogens is 539 g/mol. The van der Waals surface area contributed by atoms with Gasteiger partial charge >= 0.3 is 12.3 Å². The lowest BCUT2D eigenvalue weighted by atomic mass is 9.88. The Morgan fingerprint density at radius 3 is 2.45 bits per heavy atom. The number of aromatic nitrogens is 2. The first-order chi connectivity index (χ1) is 17.4. The summed E-state index contributed by atoms with van der Waals surface area (Å²) in [6, 6.07) is -0.277. The number of benzene rings is 1. The first kappa shape index (κ1) is 28.2. The fraction of sp³-hybridized carbons (Fsp3) is 0.565. The smallest absolute Gasteiger partial charge is 0.416 e. The monoisotopic (exact) mass is 566 g/mol. The van der Waals surface area contributed by atoms with Gasteiger partial charge in [0.25, 0.3) is 10.0 Å². The van der Waals surface area contributed by atoms with Gasteiger partial charge in [-0.05, 0) is 45.4 Å². The first-order valence-corrected chi connectivity index (χ1v) is 13.5. The molecular formula is C23H27F5N4O5S. The molecule has 0 bridgehead atoms. The summed E-state index contributed by atoms with van der Waals surface area (Å²) in [7, 11) is -3.69. The second-order valence-corrected chi connectivity index (χ2v) is 12.2. The molecule has 2 aromatic rings. The van der Waals surface area contributed by atoms with E-state index in [1.807, 2.05) is 0 Å². The highest BCUT2D eigenvalue weighted by atomic mass is 32.2. The number of nitrogens with zero attached hydrogens (tertiary/aromatic N) is 3. The minimum Gasteiger partial charge on any atom is -0.444 e. The van der Waals surface area contributed by atoms with Gasteiger partial charge in [-0.1, -0.05) is 0 Å². The highest BCUT2D eigenvalue weighted by Gasteiger charge is 2.55. The molecule has 0 spiro atoms. The van der Waals surface area contributed by atoms with Crippen LogP contribution in [0.5, 0.6) is 0 Å². The van der Waals surface area contributed by atoms with Crippen molar-refractivity contribution in [2.45, 2.75) is 76.4 Å². The molecule has 4 rings (SSSR count). The Morgan fingerprint density at radius 1 is 1.18 bits per heavy atom. The molecule has 4 atom stereocenters. The zero-order chi connectivity index (χ0) is 28.2. The Morgan fingerprint density at radius 2 is 1.87 bits per heavy atom. The average Bonchev–Trinajstić information content (AvgIpc) is 3.32. The van der Waals surface area contributed by atoms with Crippen LogP contribution in [-0.4, -0.2) is 64.8 Å². The van der Waals surface area contributed by atoms with Crippen molar-refractivity contribution in [3.63, 3.8) is 0 Å². The molecule has 38 heavy (non-hydrogen) atoms. The van der Waals surface area contributed by atoms with Crippen LogP contribution in [0.25, 0.3) is 0 Å². The Bertz CT molecular complexity index is 1300. The average molecular weight is 567 g/mol. The molecule has 2 aliphatic heterocycles. The third-order valence-electron chi connectivity index (χ3n) is 6.18. The predicted molar refractivity (Wildman–Crippen MR) is 123 cm³/mol. The quantitative estimate of drug-likeness (QED) is 0.564. The van der Waals surface area contributed by atoms with E-state index >= 15 is 0 Å². The zero-order valence-electron chi connectivity index (χ0n) is 20.9. The summed E-state index contributed by atoms with van der Waals surface area (Å²) in [4.78, 5) is 14.0. The molecule has 0 radical (unpaired) electrons. The molecule has 1 fully saturated rings. The second-order valence-electron chi connectivity index (χ2n) is 10.4. The van der Waals surface area contributed by atoms with Crippen molar-refractivity contribution in [1.29, 1.82) is 0 Å². The van der Waals surface area contributed by atoms with Gasteiger partial charge in [-0.15, -0.1) is 0 Å². The molecule has 9 nitrogen and oxygen atoms in total. The van der Waals surface area contributed by atoms with Crippen molar-refractivity contribution in [1.82, 2.24) is 19.4 Å². The fourth-order valence-electron chi connectivity index (χ4n) is 4.66. The van der Waals surface area contributed by atoms with Gasteiger partial charge in [0.1, 0.15) is 23.3 Å². The van der Waals surface area contributed by atoms with Gasteiger partial charge in [-0.2, -0.15) is 22.4 Å². The van der Waals surface area contributed by atoms with Crippen molar-refractivity contribution in [2.24, 2.45) is 0 Å². The summed E-state index contributed by atoms with van der Waals surface area (Å²) in [6.07, 6.45) is -8.17. The third kappa shape index (κ3) is 6.10. The van der Waals surface area contributed by atoms with Crippen molar-refractivity contribution < 1.29 is 44.6 Å². The summed E-state index contributed by atoms with van der Waals surface area (Å²) >= 11 is 0. The number of nitrogens with one attached hydrogen (secondary N) is 1. The summed E-state index contributed by atoms with van der Waals surface area (Å²) in [5, 5.41) is 6.44. The molecule has 2 aliphatic rings. The Balaban J connectivity index is 1.68. The molecule has 1 aromatic carbocycles. The molecule has 210 valence electrons. The van der Waals surface area contributed by atoms with E-state index in [0.29, 0.717) is 5.56 Å². The van der Waals surface area contributed by atoms with Gasteiger partial charge in [0.15, 0.2) is 6.10 Å². The number of carbonyl (C=O) groups is 1. The minimum absolute atomic E-state index is 0.0659. The number of ether oxygens (including phenoxy) is 2. The molecule has 0 unspecified atom stereocenters. The van der Waals surface area contributed by atoms with Crippen LogP contribution in [0.15, 0.2) is 24.4 Å². The molecule has 1 saturated heterocycles. The van der Waals surface area contributed by atoms with Crippen LogP contribution in [0.2, 0.25) is 0 Å². The number of halogens is 5. The van der Waals surface area contributed by atoms with E-state index in [4.69, 9.17) is 9.47 Å². The summed E-state index contributed by atoms with van der Waals surface area (Å²) in [5.74, 6) is -1.89. The van der Waals surface area contributed by atoms with Crippen molar-refractivity contribution in [3.05, 3.63) is 52.9 Å². The van der Waals surface area contributed by atoms with E-state index in [2.05, 4.69) is 10.4 Å². The van der Waals surface area contributed by atoms with Crippen LogP contribution < -0.4 is 5.32 Å². The molecule has 0 aliphatic carbocycles. The molecule has 0 saturated carbocycles. The lowest BCUT2D eigenvalue weighted by Gasteiger charge is -2.45. The number of carbonyl (C=O) groups excluding carboxylic acids is 1. The fourth-order valence-corrected chi connectivity index (χ4v) is 5.23. The Hall–Kier alpha value is -2.78. The molecule has 3 heterocycles. The largest absolute Gasteiger partial charge is 0.444 e. The number of alkyl halides is 3. The number of hydrogen-bond donors (Lipinski definition) is 1. The highest BCUT2D eigenvalue weighted by molar-refractivity contribution is 7.89. The van der Waals surface area contributed by atoms with Crippen LogP contribution in [-0.2, 0) is 32.6 Å². The SMILES string of the molecule is CC(C)(C)OC(=O)N[C@H]1C[C@@H](N2Cc3cn(S(C)(=O)=O)nc3C2)[C@H](C(F)(F)F)O[C@@H]1c1cc(F)ccc1F. The van der Waals surface area contributed by atoms with Gasteiger partial charge in [0.2, 0.25) is 0 Å². The van der Waals surface area contributed by atoms with E-state index in [1.54, 1.807) is 20.8 Å². The molecule has 1 N–H and O–H groups in total. The minimum atomic E-state index is -4.91. The normalized spacial score (nSPS) is 24.8. The van der Waals surface area contributed by atoms with Crippen LogP contribution in [0.1, 0.15) is 50.1 Å². The predicted octanol–water partition coefficient (Wildman–Crippen LogP) is 3.64. The van der Waals surface area contributed by atoms with Crippen LogP contribution >= 0.6 is 0 Å². The number of rotatable bonds is 4. The third-order valence-corrected chi connectivity index (χ3v) is 7.05. The molecule has 1 aromatic heterocycles. The van der Waals surface area contributed by atoms with Gasteiger partial charge < -0.3 is 14.8 Å². The first-order valence-electron chi connectivity index (χ1n) is 11.6. The van der Waals surface area contributed by atoms with Gasteiger partial charge in [-0.3, -0.25) is 4.90 Å². The van der Waals surface area contributed by atoms with E-state index in [9.17, 15) is 35.2 Å². The Kier molecular flexibility index (Phi) is 7.25. The molecule has 1 amide bonds. The number of amides is 1. The van der Waals surface area contributed by atoms with Crippen molar-refractivity contribution in [2.75, 3.05) is 6.26 Å². The van der Waals surface area contributed by atoms with Crippen LogP contribution in [0, 0.1) is 11.6 Å².